The minimum absolute atomic E-state index is 0.126. The number of nitrogens with zero attached hydrogens (tertiary/aromatic N) is 1. The van der Waals surface area contributed by atoms with E-state index < -0.39 is 5.60 Å². The molecule has 130 valence electrons. The van der Waals surface area contributed by atoms with E-state index in [2.05, 4.69) is 5.32 Å². The molecule has 5 nitrogen and oxygen atoms in total. The highest BCUT2D eigenvalue weighted by Gasteiger charge is 2.40. The standard InChI is InChI=1S/C20H22N2O3/c1-14-8-10-15(11-9-14)21-18(23)12-13-22-16-6-4-5-7-17(16)25-20(2,3)19(22)24/h4-11H,12-13H2,1-3H3,(H,21,23). The van der Waals surface area contributed by atoms with Gasteiger partial charge in [0.05, 0.1) is 5.69 Å². The number of carbonyl (C=O) groups excluding carboxylic acids is 2. The Morgan fingerprint density at radius 1 is 1.12 bits per heavy atom. The Morgan fingerprint density at radius 3 is 2.52 bits per heavy atom. The second-order valence-electron chi connectivity index (χ2n) is 6.70. The topological polar surface area (TPSA) is 58.6 Å². The number of carbonyl (C=O) groups is 2. The molecule has 2 aromatic carbocycles. The smallest absolute Gasteiger partial charge is 0.270 e. The van der Waals surface area contributed by atoms with Crippen LogP contribution in [0.1, 0.15) is 25.8 Å². The van der Waals surface area contributed by atoms with Gasteiger partial charge in [0.2, 0.25) is 5.91 Å². The SMILES string of the molecule is Cc1ccc(NC(=O)CCN2C(=O)C(C)(C)Oc3ccccc32)cc1. The van der Waals surface area contributed by atoms with Gasteiger partial charge in [-0.25, -0.2) is 0 Å². The second kappa shape index (κ2) is 6.59. The number of fused-ring (bicyclic) bond motifs is 1. The van der Waals surface area contributed by atoms with Crippen molar-refractivity contribution in [2.75, 3.05) is 16.8 Å². The highest BCUT2D eigenvalue weighted by molar-refractivity contribution is 6.03. The van der Waals surface area contributed by atoms with Crippen molar-refractivity contribution in [3.8, 4) is 5.75 Å². The lowest BCUT2D eigenvalue weighted by Crippen LogP contribution is -2.53. The first-order valence-corrected chi connectivity index (χ1v) is 8.33. The van der Waals surface area contributed by atoms with E-state index in [1.165, 1.54) is 0 Å². The summed E-state index contributed by atoms with van der Waals surface area (Å²) in [4.78, 5) is 26.6. The maximum atomic E-state index is 12.7. The summed E-state index contributed by atoms with van der Waals surface area (Å²) in [6.45, 7) is 5.78. The lowest BCUT2D eigenvalue weighted by Gasteiger charge is -2.38. The van der Waals surface area contributed by atoms with Crippen molar-refractivity contribution in [2.24, 2.45) is 0 Å². The third kappa shape index (κ3) is 3.65. The average Bonchev–Trinajstić information content (AvgIpc) is 2.57. The molecule has 0 aromatic heterocycles. The summed E-state index contributed by atoms with van der Waals surface area (Å²) >= 11 is 0. The van der Waals surface area contributed by atoms with E-state index in [1.54, 1.807) is 18.7 Å². The number of benzene rings is 2. The Bertz CT molecular complexity index is 797. The second-order valence-corrected chi connectivity index (χ2v) is 6.70. The van der Waals surface area contributed by atoms with Gasteiger partial charge in [-0.1, -0.05) is 29.8 Å². The number of ether oxygens (including phenoxy) is 1. The van der Waals surface area contributed by atoms with Gasteiger partial charge < -0.3 is 15.0 Å². The van der Waals surface area contributed by atoms with Gasteiger partial charge in [0.1, 0.15) is 5.75 Å². The highest BCUT2D eigenvalue weighted by Crippen LogP contribution is 2.37. The van der Waals surface area contributed by atoms with Crippen molar-refractivity contribution in [3.05, 3.63) is 54.1 Å². The highest BCUT2D eigenvalue weighted by atomic mass is 16.5. The summed E-state index contributed by atoms with van der Waals surface area (Å²) in [5.74, 6) is 0.388. The number of anilines is 2. The molecule has 1 aliphatic rings. The van der Waals surface area contributed by atoms with Gasteiger partial charge in [-0.2, -0.15) is 0 Å². The molecular weight excluding hydrogens is 316 g/mol. The predicted octanol–water partition coefficient (Wildman–Crippen LogP) is 3.53. The van der Waals surface area contributed by atoms with Crippen molar-refractivity contribution < 1.29 is 14.3 Å². The van der Waals surface area contributed by atoms with Gasteiger partial charge in [0.15, 0.2) is 5.60 Å². The van der Waals surface area contributed by atoms with Gasteiger partial charge in [-0.15, -0.1) is 0 Å². The first-order chi connectivity index (χ1) is 11.9. The van der Waals surface area contributed by atoms with Crippen LogP contribution >= 0.6 is 0 Å². The molecule has 1 N–H and O–H groups in total. The average molecular weight is 338 g/mol. The normalized spacial score (nSPS) is 15.3. The van der Waals surface area contributed by atoms with Crippen LogP contribution < -0.4 is 15.0 Å². The third-order valence-corrected chi connectivity index (χ3v) is 4.18. The van der Waals surface area contributed by atoms with Crippen LogP contribution in [0.2, 0.25) is 0 Å². The molecule has 2 amide bonds. The van der Waals surface area contributed by atoms with Crippen molar-refractivity contribution in [1.82, 2.24) is 0 Å². The maximum Gasteiger partial charge on any atom is 0.270 e. The van der Waals surface area contributed by atoms with E-state index in [-0.39, 0.29) is 18.2 Å². The lowest BCUT2D eigenvalue weighted by molar-refractivity contribution is -0.132. The Kier molecular flexibility index (Phi) is 4.49. The van der Waals surface area contributed by atoms with Gasteiger partial charge in [0, 0.05) is 18.7 Å². The van der Waals surface area contributed by atoms with E-state index in [1.807, 2.05) is 55.5 Å². The molecule has 5 heteroatoms. The molecule has 0 saturated heterocycles. The molecule has 0 aliphatic carbocycles. The van der Waals surface area contributed by atoms with E-state index in [9.17, 15) is 9.59 Å². The number of para-hydroxylation sites is 2. The Balaban J connectivity index is 1.70. The van der Waals surface area contributed by atoms with Crippen molar-refractivity contribution in [3.63, 3.8) is 0 Å². The molecule has 0 saturated carbocycles. The van der Waals surface area contributed by atoms with E-state index in [0.717, 1.165) is 11.3 Å². The molecule has 1 heterocycles. The van der Waals surface area contributed by atoms with Gasteiger partial charge in [-0.05, 0) is 45.0 Å². The number of nitrogens with one attached hydrogen (secondary N) is 1. The number of hydrogen-bond acceptors (Lipinski definition) is 3. The van der Waals surface area contributed by atoms with Crippen LogP contribution in [0, 0.1) is 6.92 Å². The van der Waals surface area contributed by atoms with Crippen LogP contribution in [0.25, 0.3) is 0 Å². The minimum atomic E-state index is -0.943. The van der Waals surface area contributed by atoms with Gasteiger partial charge >= 0.3 is 0 Å². The first kappa shape index (κ1) is 17.0. The van der Waals surface area contributed by atoms with Crippen molar-refractivity contribution >= 4 is 23.2 Å². The van der Waals surface area contributed by atoms with Crippen molar-refractivity contribution in [1.29, 1.82) is 0 Å². The molecule has 3 rings (SSSR count). The quantitative estimate of drug-likeness (QED) is 0.928. The predicted molar refractivity (Wildman–Crippen MR) is 97.9 cm³/mol. The third-order valence-electron chi connectivity index (χ3n) is 4.18. The van der Waals surface area contributed by atoms with Crippen LogP contribution in [-0.4, -0.2) is 24.0 Å². The van der Waals surface area contributed by atoms with Crippen LogP contribution in [0.4, 0.5) is 11.4 Å². The minimum Gasteiger partial charge on any atom is -0.476 e. The number of rotatable bonds is 4. The summed E-state index contributed by atoms with van der Waals surface area (Å²) in [6.07, 6.45) is 0.212. The summed E-state index contributed by atoms with van der Waals surface area (Å²) in [5.41, 5.74) is 1.65. The summed E-state index contributed by atoms with van der Waals surface area (Å²) in [5, 5.41) is 2.86. The Labute approximate surface area is 147 Å². The molecule has 0 spiro atoms. The van der Waals surface area contributed by atoms with E-state index in [0.29, 0.717) is 18.0 Å². The zero-order valence-electron chi connectivity index (χ0n) is 14.7. The van der Waals surface area contributed by atoms with Crippen molar-refractivity contribution in [2.45, 2.75) is 32.8 Å². The fourth-order valence-electron chi connectivity index (χ4n) is 2.82. The number of aryl methyl sites for hydroxylation is 1. The van der Waals surface area contributed by atoms with Crippen LogP contribution in [0.5, 0.6) is 5.75 Å². The fourth-order valence-corrected chi connectivity index (χ4v) is 2.82. The van der Waals surface area contributed by atoms with Crippen LogP contribution in [-0.2, 0) is 9.59 Å². The molecule has 1 aliphatic heterocycles. The Hall–Kier alpha value is -2.82. The molecule has 0 bridgehead atoms. The fraction of sp³-hybridized carbons (Fsp3) is 0.300. The molecule has 0 fully saturated rings. The first-order valence-electron chi connectivity index (χ1n) is 8.33. The van der Waals surface area contributed by atoms with E-state index in [4.69, 9.17) is 4.74 Å². The summed E-state index contributed by atoms with van der Waals surface area (Å²) < 4.78 is 5.78. The zero-order valence-corrected chi connectivity index (χ0v) is 14.7. The van der Waals surface area contributed by atoms with Crippen LogP contribution in [0.3, 0.4) is 0 Å². The monoisotopic (exact) mass is 338 g/mol. The largest absolute Gasteiger partial charge is 0.476 e. The van der Waals surface area contributed by atoms with E-state index >= 15 is 0 Å². The van der Waals surface area contributed by atoms with Gasteiger partial charge in [-0.3, -0.25) is 9.59 Å². The molecule has 2 aromatic rings. The number of hydrogen-bond donors (Lipinski definition) is 1. The number of amides is 2. The van der Waals surface area contributed by atoms with Crippen LogP contribution in [0.15, 0.2) is 48.5 Å². The molecule has 0 radical (unpaired) electrons. The lowest BCUT2D eigenvalue weighted by atomic mass is 10.0. The maximum absolute atomic E-state index is 12.7. The molecule has 25 heavy (non-hydrogen) atoms. The zero-order chi connectivity index (χ0) is 18.0. The molecule has 0 atom stereocenters. The Morgan fingerprint density at radius 2 is 1.80 bits per heavy atom. The van der Waals surface area contributed by atoms with Gasteiger partial charge in [0.25, 0.3) is 5.91 Å². The molecule has 0 unspecified atom stereocenters. The summed E-state index contributed by atoms with van der Waals surface area (Å²) in [6, 6.07) is 15.0. The summed E-state index contributed by atoms with van der Waals surface area (Å²) in [7, 11) is 0. The molecular formula is C20H22N2O3.